The predicted molar refractivity (Wildman–Crippen MR) is 76.6 cm³/mol. The summed E-state index contributed by atoms with van der Waals surface area (Å²) in [5.41, 5.74) is 0.319. The average Bonchev–Trinajstić information content (AvgIpc) is 2.38. The summed E-state index contributed by atoms with van der Waals surface area (Å²) in [7, 11) is 0. The molecule has 0 aromatic heterocycles. The molecule has 0 radical (unpaired) electrons. The summed E-state index contributed by atoms with van der Waals surface area (Å²) in [4.78, 5) is 27.3. The zero-order chi connectivity index (χ0) is 14.8. The number of piperidine rings is 2. The lowest BCUT2D eigenvalue weighted by Crippen LogP contribution is -2.53. The second-order valence-electron chi connectivity index (χ2n) is 6.87. The monoisotopic (exact) mass is 282 g/mol. The smallest absolute Gasteiger partial charge is 0.320 e. The number of carboxylic acids is 1. The van der Waals surface area contributed by atoms with E-state index in [0.29, 0.717) is 12.0 Å². The molecule has 2 fully saturated rings. The van der Waals surface area contributed by atoms with Crippen LogP contribution in [0.3, 0.4) is 0 Å². The third-order valence-electron chi connectivity index (χ3n) is 4.67. The highest BCUT2D eigenvalue weighted by molar-refractivity contribution is 5.76. The van der Waals surface area contributed by atoms with Gasteiger partial charge in [-0.15, -0.1) is 0 Å². The number of hydrogen-bond acceptors (Lipinski definition) is 2. The number of carbonyl (C=O) groups excluding carboxylic acids is 1. The first-order valence-electron chi connectivity index (χ1n) is 7.66. The van der Waals surface area contributed by atoms with Crippen molar-refractivity contribution in [3.8, 4) is 0 Å². The number of likely N-dealkylation sites (tertiary alicyclic amines) is 2. The van der Waals surface area contributed by atoms with Gasteiger partial charge < -0.3 is 14.9 Å². The third kappa shape index (κ3) is 3.64. The Morgan fingerprint density at radius 3 is 2.40 bits per heavy atom. The van der Waals surface area contributed by atoms with Crippen LogP contribution in [0.4, 0.5) is 4.79 Å². The van der Waals surface area contributed by atoms with Gasteiger partial charge in [-0.2, -0.15) is 0 Å². The van der Waals surface area contributed by atoms with Crippen LogP contribution in [-0.4, -0.2) is 52.6 Å². The van der Waals surface area contributed by atoms with E-state index in [1.54, 1.807) is 4.90 Å². The zero-order valence-corrected chi connectivity index (χ0v) is 12.6. The minimum Gasteiger partial charge on any atom is -0.481 e. The maximum atomic E-state index is 12.6. The highest BCUT2D eigenvalue weighted by atomic mass is 16.4. The molecule has 2 rings (SSSR count). The van der Waals surface area contributed by atoms with Gasteiger partial charge in [-0.1, -0.05) is 13.8 Å². The van der Waals surface area contributed by atoms with Crippen LogP contribution in [0.5, 0.6) is 0 Å². The Kier molecular flexibility index (Phi) is 4.55. The van der Waals surface area contributed by atoms with Crippen molar-refractivity contribution in [2.24, 2.45) is 5.41 Å². The first-order valence-corrected chi connectivity index (χ1v) is 7.66. The average molecular weight is 282 g/mol. The first kappa shape index (κ1) is 15.1. The van der Waals surface area contributed by atoms with Crippen LogP contribution < -0.4 is 0 Å². The number of rotatable bonds is 2. The standard InChI is InChI=1S/C15H26N2O3/c1-15(2)6-9-16(10-7-15)14(20)17-8-4-3-5-12(17)11-13(18)19/h12H,3-11H2,1-2H3,(H,18,19). The molecular weight excluding hydrogens is 256 g/mol. The lowest BCUT2D eigenvalue weighted by atomic mass is 9.83. The van der Waals surface area contributed by atoms with Crippen molar-refractivity contribution in [1.29, 1.82) is 0 Å². The predicted octanol–water partition coefficient (Wildman–Crippen LogP) is 2.56. The van der Waals surface area contributed by atoms with E-state index in [2.05, 4.69) is 13.8 Å². The van der Waals surface area contributed by atoms with E-state index < -0.39 is 5.97 Å². The highest BCUT2D eigenvalue weighted by Gasteiger charge is 2.34. The summed E-state index contributed by atoms with van der Waals surface area (Å²) in [6, 6.07) is -0.0739. The van der Waals surface area contributed by atoms with Crippen LogP contribution in [-0.2, 0) is 4.79 Å². The molecule has 5 nitrogen and oxygen atoms in total. The van der Waals surface area contributed by atoms with E-state index in [-0.39, 0.29) is 18.5 Å². The Labute approximate surface area is 120 Å². The molecule has 2 aliphatic rings. The Hall–Kier alpha value is -1.26. The molecule has 5 heteroatoms. The molecule has 0 spiro atoms. The Balaban J connectivity index is 1.97. The van der Waals surface area contributed by atoms with Gasteiger partial charge in [0.1, 0.15) is 0 Å². The fourth-order valence-electron chi connectivity index (χ4n) is 3.15. The Morgan fingerprint density at radius 2 is 1.80 bits per heavy atom. The molecule has 0 saturated carbocycles. The number of carbonyl (C=O) groups is 2. The van der Waals surface area contributed by atoms with Crippen LogP contribution in [0.2, 0.25) is 0 Å². The Morgan fingerprint density at radius 1 is 1.15 bits per heavy atom. The van der Waals surface area contributed by atoms with Crippen molar-refractivity contribution < 1.29 is 14.7 Å². The largest absolute Gasteiger partial charge is 0.481 e. The highest BCUT2D eigenvalue weighted by Crippen LogP contribution is 2.31. The molecule has 0 aromatic rings. The van der Waals surface area contributed by atoms with Crippen molar-refractivity contribution in [2.75, 3.05) is 19.6 Å². The van der Waals surface area contributed by atoms with Crippen molar-refractivity contribution in [3.63, 3.8) is 0 Å². The molecular formula is C15H26N2O3. The zero-order valence-electron chi connectivity index (χ0n) is 12.6. The van der Waals surface area contributed by atoms with E-state index in [9.17, 15) is 9.59 Å². The van der Waals surface area contributed by atoms with Crippen LogP contribution >= 0.6 is 0 Å². The normalized spacial score (nSPS) is 26.4. The molecule has 2 heterocycles. The summed E-state index contributed by atoms with van der Waals surface area (Å²) in [6.45, 7) is 6.77. The van der Waals surface area contributed by atoms with Gasteiger partial charge in [0.15, 0.2) is 0 Å². The SMILES string of the molecule is CC1(C)CCN(C(=O)N2CCCCC2CC(=O)O)CC1. The van der Waals surface area contributed by atoms with Gasteiger partial charge in [-0.05, 0) is 37.5 Å². The molecule has 0 aromatic carbocycles. The number of carboxylic acid groups (broad SMARTS) is 1. The first-order chi connectivity index (χ1) is 9.39. The van der Waals surface area contributed by atoms with Crippen LogP contribution in [0.25, 0.3) is 0 Å². The summed E-state index contributed by atoms with van der Waals surface area (Å²) in [5.74, 6) is -0.811. The molecule has 0 aliphatic carbocycles. The number of nitrogens with zero attached hydrogens (tertiary/aromatic N) is 2. The summed E-state index contributed by atoms with van der Waals surface area (Å²) < 4.78 is 0. The van der Waals surface area contributed by atoms with E-state index in [1.807, 2.05) is 4.90 Å². The van der Waals surface area contributed by atoms with E-state index in [0.717, 1.165) is 45.2 Å². The molecule has 0 bridgehead atoms. The number of urea groups is 1. The summed E-state index contributed by atoms with van der Waals surface area (Å²) in [5, 5.41) is 8.99. The lowest BCUT2D eigenvalue weighted by molar-refractivity contribution is -0.138. The second kappa shape index (κ2) is 6.02. The summed E-state index contributed by atoms with van der Waals surface area (Å²) in [6.07, 6.45) is 4.95. The molecule has 1 unspecified atom stereocenters. The van der Waals surface area contributed by atoms with Gasteiger partial charge in [0.05, 0.1) is 6.42 Å². The van der Waals surface area contributed by atoms with Crippen LogP contribution in [0, 0.1) is 5.41 Å². The van der Waals surface area contributed by atoms with Gasteiger partial charge in [0.25, 0.3) is 0 Å². The molecule has 2 aliphatic heterocycles. The van der Waals surface area contributed by atoms with E-state index in [1.165, 1.54) is 0 Å². The molecule has 114 valence electrons. The van der Waals surface area contributed by atoms with Gasteiger partial charge >= 0.3 is 12.0 Å². The van der Waals surface area contributed by atoms with E-state index in [4.69, 9.17) is 5.11 Å². The van der Waals surface area contributed by atoms with Gasteiger partial charge in [0.2, 0.25) is 0 Å². The molecule has 1 N–H and O–H groups in total. The fraction of sp³-hybridized carbons (Fsp3) is 0.867. The van der Waals surface area contributed by atoms with Gasteiger partial charge in [-0.3, -0.25) is 4.79 Å². The fourth-order valence-corrected chi connectivity index (χ4v) is 3.15. The quantitative estimate of drug-likeness (QED) is 0.846. The number of amides is 2. The topological polar surface area (TPSA) is 60.9 Å². The minimum absolute atomic E-state index is 0.0476. The van der Waals surface area contributed by atoms with Crippen molar-refractivity contribution in [1.82, 2.24) is 9.80 Å². The van der Waals surface area contributed by atoms with Crippen LogP contribution in [0.15, 0.2) is 0 Å². The van der Waals surface area contributed by atoms with Crippen molar-refractivity contribution in [2.45, 2.75) is 58.4 Å². The van der Waals surface area contributed by atoms with Gasteiger partial charge in [-0.25, -0.2) is 4.79 Å². The molecule has 2 saturated heterocycles. The second-order valence-corrected chi connectivity index (χ2v) is 6.87. The number of hydrogen-bond donors (Lipinski definition) is 1. The van der Waals surface area contributed by atoms with Crippen molar-refractivity contribution in [3.05, 3.63) is 0 Å². The minimum atomic E-state index is -0.811. The summed E-state index contributed by atoms with van der Waals surface area (Å²) >= 11 is 0. The maximum absolute atomic E-state index is 12.6. The molecule has 20 heavy (non-hydrogen) atoms. The van der Waals surface area contributed by atoms with Crippen molar-refractivity contribution >= 4 is 12.0 Å². The number of aliphatic carboxylic acids is 1. The Bertz CT molecular complexity index is 371. The van der Waals surface area contributed by atoms with E-state index >= 15 is 0 Å². The maximum Gasteiger partial charge on any atom is 0.320 e. The molecule has 2 amide bonds. The molecule has 1 atom stereocenters. The third-order valence-corrected chi connectivity index (χ3v) is 4.67. The van der Waals surface area contributed by atoms with Gasteiger partial charge in [0, 0.05) is 25.7 Å². The lowest BCUT2D eigenvalue weighted by Gasteiger charge is -2.42. The van der Waals surface area contributed by atoms with Crippen LogP contribution in [0.1, 0.15) is 52.4 Å².